The van der Waals surface area contributed by atoms with E-state index in [-0.39, 0.29) is 0 Å². The number of aromatic nitrogens is 2. The summed E-state index contributed by atoms with van der Waals surface area (Å²) in [5.74, 6) is 0. The van der Waals surface area contributed by atoms with Gasteiger partial charge in [0.1, 0.15) is 0 Å². The van der Waals surface area contributed by atoms with Gasteiger partial charge in [-0.1, -0.05) is 78.9 Å². The molecule has 0 saturated carbocycles. The minimum atomic E-state index is 0.442. The molecule has 184 valence electrons. The van der Waals surface area contributed by atoms with Crippen LogP contribution in [0, 0.1) is 17.9 Å². The third kappa shape index (κ3) is 2.99. The fourth-order valence-corrected chi connectivity index (χ4v) is 6.21. The summed E-state index contributed by atoms with van der Waals surface area (Å²) in [6.07, 6.45) is 0. The first-order valence-electron chi connectivity index (χ1n) is 13.1. The molecule has 8 aromatic rings. The van der Waals surface area contributed by atoms with Crippen LogP contribution in [0.3, 0.4) is 0 Å². The van der Waals surface area contributed by atoms with Crippen molar-refractivity contribution in [1.82, 2.24) is 9.13 Å². The molecule has 0 amide bonds. The number of fused-ring (bicyclic) bond motifs is 7. The molecule has 4 heteroatoms. The Morgan fingerprint density at radius 2 is 1.02 bits per heavy atom. The lowest BCUT2D eigenvalue weighted by Gasteiger charge is -2.16. The predicted octanol–water partition coefficient (Wildman–Crippen LogP) is 9.46. The molecule has 0 bridgehead atoms. The molecule has 8 rings (SSSR count). The molecule has 2 aromatic heterocycles. The van der Waals surface area contributed by atoms with Gasteiger partial charge in [-0.05, 0) is 53.2 Å². The Morgan fingerprint density at radius 3 is 1.60 bits per heavy atom. The maximum atomic E-state index is 10.3. The number of hydrogen-bond acceptors (Lipinski definition) is 1. The smallest absolute Gasteiger partial charge is 0.212 e. The predicted molar refractivity (Wildman–Crippen MR) is 164 cm³/mol. The fourth-order valence-electron chi connectivity index (χ4n) is 6.21. The van der Waals surface area contributed by atoms with Crippen LogP contribution >= 0.6 is 0 Å². The van der Waals surface area contributed by atoms with E-state index in [0.29, 0.717) is 11.3 Å². The highest BCUT2D eigenvalue weighted by Crippen LogP contribution is 2.41. The van der Waals surface area contributed by atoms with Gasteiger partial charge in [0.05, 0.1) is 51.6 Å². The molecule has 0 aliphatic rings. The first kappa shape index (κ1) is 22.2. The molecule has 6 aromatic carbocycles. The summed E-state index contributed by atoms with van der Waals surface area (Å²) in [5.41, 5.74) is 6.52. The summed E-state index contributed by atoms with van der Waals surface area (Å²) in [4.78, 5) is 3.93. The van der Waals surface area contributed by atoms with Crippen LogP contribution in [0.4, 0.5) is 5.69 Å². The number of benzene rings is 6. The second kappa shape index (κ2) is 8.33. The molecule has 0 N–H and O–H groups in total. The molecule has 0 spiro atoms. The van der Waals surface area contributed by atoms with Crippen LogP contribution in [-0.4, -0.2) is 9.13 Å². The summed E-state index contributed by atoms with van der Waals surface area (Å²) >= 11 is 0. The quantitative estimate of drug-likeness (QED) is 0.214. The van der Waals surface area contributed by atoms with E-state index in [0.717, 1.165) is 60.4 Å². The van der Waals surface area contributed by atoms with Crippen LogP contribution in [0.25, 0.3) is 70.6 Å². The van der Waals surface area contributed by atoms with Crippen LogP contribution in [0.2, 0.25) is 0 Å². The van der Waals surface area contributed by atoms with Gasteiger partial charge in [0.15, 0.2) is 0 Å². The lowest BCUT2D eigenvalue weighted by Crippen LogP contribution is -2.02. The molecule has 0 unspecified atom stereocenters. The van der Waals surface area contributed by atoms with Gasteiger partial charge in [-0.2, -0.15) is 5.26 Å². The lowest BCUT2D eigenvalue weighted by atomic mass is 10.1. The molecule has 0 atom stereocenters. The molecular formula is C36H20N4. The molecule has 0 fully saturated rings. The highest BCUT2D eigenvalue weighted by molar-refractivity contribution is 6.14. The van der Waals surface area contributed by atoms with E-state index >= 15 is 0 Å². The van der Waals surface area contributed by atoms with Gasteiger partial charge in [0.2, 0.25) is 5.69 Å². The Morgan fingerprint density at radius 1 is 0.525 bits per heavy atom. The first-order chi connectivity index (χ1) is 19.8. The number of rotatable bonds is 2. The van der Waals surface area contributed by atoms with Gasteiger partial charge in [-0.3, -0.25) is 0 Å². The van der Waals surface area contributed by atoms with E-state index in [1.165, 1.54) is 5.39 Å². The van der Waals surface area contributed by atoms with Gasteiger partial charge in [0.25, 0.3) is 0 Å². The Bertz CT molecular complexity index is 2350. The van der Waals surface area contributed by atoms with Crippen molar-refractivity contribution in [2.24, 2.45) is 0 Å². The molecule has 0 saturated heterocycles. The molecule has 40 heavy (non-hydrogen) atoms. The Balaban J connectivity index is 1.54. The third-order valence-electron chi connectivity index (χ3n) is 7.94. The third-order valence-corrected chi connectivity index (χ3v) is 7.94. The van der Waals surface area contributed by atoms with E-state index in [1.54, 1.807) is 6.07 Å². The average Bonchev–Trinajstić information content (AvgIpc) is 3.51. The normalized spacial score (nSPS) is 11.4. The SMILES string of the molecule is [C-]#[N+]c1cc(C#N)c(-n2c3ccccc3c3ccccc32)cc1-n1c2ccccc2c2cc3ccccc3cc21. The number of para-hydroxylation sites is 3. The van der Waals surface area contributed by atoms with Crippen molar-refractivity contribution in [3.05, 3.63) is 138 Å². The second-order valence-corrected chi connectivity index (χ2v) is 10.0. The molecule has 4 nitrogen and oxygen atoms in total. The molecule has 0 aliphatic carbocycles. The van der Waals surface area contributed by atoms with Crippen LogP contribution in [0.1, 0.15) is 5.56 Å². The fraction of sp³-hybridized carbons (Fsp3) is 0. The van der Waals surface area contributed by atoms with E-state index in [2.05, 4.69) is 92.8 Å². The maximum Gasteiger partial charge on any atom is 0.212 e. The zero-order valence-electron chi connectivity index (χ0n) is 21.3. The van der Waals surface area contributed by atoms with Crippen LogP contribution in [0.15, 0.2) is 121 Å². The highest BCUT2D eigenvalue weighted by Gasteiger charge is 2.21. The van der Waals surface area contributed by atoms with Crippen LogP contribution in [0.5, 0.6) is 0 Å². The van der Waals surface area contributed by atoms with Crippen molar-refractivity contribution in [2.45, 2.75) is 0 Å². The molecule has 2 heterocycles. The Hall–Kier alpha value is -5.84. The summed E-state index contributed by atoms with van der Waals surface area (Å²) in [6.45, 7) is 8.11. The molecule has 0 aliphatic heterocycles. The Labute approximate surface area is 230 Å². The van der Waals surface area contributed by atoms with Crippen LogP contribution in [-0.2, 0) is 0 Å². The molecule has 0 radical (unpaired) electrons. The van der Waals surface area contributed by atoms with E-state index in [4.69, 9.17) is 6.57 Å². The van der Waals surface area contributed by atoms with Crippen LogP contribution < -0.4 is 0 Å². The zero-order chi connectivity index (χ0) is 26.8. The number of nitriles is 1. The zero-order valence-corrected chi connectivity index (χ0v) is 21.3. The average molecular weight is 509 g/mol. The second-order valence-electron chi connectivity index (χ2n) is 10.0. The standard InChI is InChI=1S/C36H20N4/c1-38-30-19-25(22-37)34(39-31-15-7-4-12-26(31)27-13-5-8-16-32(27)39)21-36(30)40-33-17-9-6-14-28(33)29-18-23-10-2-3-11-24(23)20-35(29)40/h2-21H. The summed E-state index contributed by atoms with van der Waals surface area (Å²) < 4.78 is 4.34. The largest absolute Gasteiger partial charge is 0.319 e. The lowest BCUT2D eigenvalue weighted by molar-refractivity contribution is 1.13. The number of nitrogens with zero attached hydrogens (tertiary/aromatic N) is 4. The monoisotopic (exact) mass is 508 g/mol. The van der Waals surface area contributed by atoms with Crippen molar-refractivity contribution in [3.63, 3.8) is 0 Å². The topological polar surface area (TPSA) is 38.0 Å². The minimum absolute atomic E-state index is 0.442. The molecular weight excluding hydrogens is 488 g/mol. The van der Waals surface area contributed by atoms with Gasteiger partial charge < -0.3 is 9.13 Å². The first-order valence-corrected chi connectivity index (χ1v) is 13.1. The Kier molecular flexibility index (Phi) is 4.62. The van der Waals surface area contributed by atoms with E-state index in [9.17, 15) is 5.26 Å². The maximum absolute atomic E-state index is 10.3. The van der Waals surface area contributed by atoms with Gasteiger partial charge in [-0.25, -0.2) is 4.85 Å². The van der Waals surface area contributed by atoms with Crippen molar-refractivity contribution >= 4 is 60.1 Å². The van der Waals surface area contributed by atoms with Crippen molar-refractivity contribution < 1.29 is 0 Å². The van der Waals surface area contributed by atoms with E-state index in [1.807, 2.05) is 42.5 Å². The summed E-state index contributed by atoms with van der Waals surface area (Å²) in [6, 6.07) is 43.8. The minimum Gasteiger partial charge on any atom is -0.319 e. The van der Waals surface area contributed by atoms with E-state index < -0.39 is 0 Å². The van der Waals surface area contributed by atoms with Gasteiger partial charge in [-0.15, -0.1) is 0 Å². The van der Waals surface area contributed by atoms with Crippen molar-refractivity contribution in [1.29, 1.82) is 5.26 Å². The highest BCUT2D eigenvalue weighted by atomic mass is 15.0. The summed E-state index contributed by atoms with van der Waals surface area (Å²) in [5, 5.41) is 17.1. The van der Waals surface area contributed by atoms with Crippen molar-refractivity contribution in [2.75, 3.05) is 0 Å². The summed E-state index contributed by atoms with van der Waals surface area (Å²) in [7, 11) is 0. The number of hydrogen-bond donors (Lipinski definition) is 0. The van der Waals surface area contributed by atoms with Gasteiger partial charge in [0, 0.05) is 21.5 Å². The van der Waals surface area contributed by atoms with Gasteiger partial charge >= 0.3 is 0 Å². The van der Waals surface area contributed by atoms with Crippen molar-refractivity contribution in [3.8, 4) is 17.4 Å².